The lowest BCUT2D eigenvalue weighted by Gasteiger charge is -2.26. The van der Waals surface area contributed by atoms with Crippen LogP contribution in [-0.2, 0) is 18.6 Å². The van der Waals surface area contributed by atoms with Crippen LogP contribution in [0.4, 0.5) is 0 Å². The molecule has 0 radical (unpaired) electrons. The predicted octanol–water partition coefficient (Wildman–Crippen LogP) is 8.35. The van der Waals surface area contributed by atoms with Crippen LogP contribution in [0, 0.1) is 0 Å². The third-order valence-electron chi connectivity index (χ3n) is 8.37. The zero-order valence-corrected chi connectivity index (χ0v) is 29.5. The Morgan fingerprint density at radius 1 is 0.826 bits per heavy atom. The van der Waals surface area contributed by atoms with Gasteiger partial charge in [-0.05, 0) is 32.4 Å². The van der Waals surface area contributed by atoms with E-state index >= 15 is 0 Å². The summed E-state index contributed by atoms with van der Waals surface area (Å²) in [6, 6.07) is 8.74. The van der Waals surface area contributed by atoms with E-state index in [4.69, 9.17) is 24.3 Å². The molecule has 11 heteroatoms. The molecule has 2 aliphatic rings. The number of hydrogen-bond donors (Lipinski definition) is 1. The summed E-state index contributed by atoms with van der Waals surface area (Å²) in [6.07, 6.45) is 22.3. The lowest BCUT2D eigenvalue weighted by molar-refractivity contribution is 0.0315. The Hall–Kier alpha value is -2.10. The van der Waals surface area contributed by atoms with Gasteiger partial charge in [0, 0.05) is 0 Å². The highest BCUT2D eigenvalue weighted by molar-refractivity contribution is 7.54. The van der Waals surface area contributed by atoms with Gasteiger partial charge in [0.1, 0.15) is 30.1 Å². The quantitative estimate of drug-likeness (QED) is 0.0743. The van der Waals surface area contributed by atoms with Crippen molar-refractivity contribution in [2.75, 3.05) is 26.1 Å². The Kier molecular flexibility index (Phi) is 18.7. The number of nitrogens with zero attached hydrogens (tertiary/aromatic N) is 4. The van der Waals surface area contributed by atoms with Crippen molar-refractivity contribution < 1.29 is 23.1 Å². The fourth-order valence-electron chi connectivity index (χ4n) is 5.65. The van der Waals surface area contributed by atoms with Crippen LogP contribution in [0.1, 0.15) is 117 Å². The van der Waals surface area contributed by atoms with E-state index in [1.54, 1.807) is 18.5 Å². The van der Waals surface area contributed by atoms with Gasteiger partial charge in [0.2, 0.25) is 0 Å². The summed E-state index contributed by atoms with van der Waals surface area (Å²) in [4.78, 5) is 14.7. The molecule has 3 rings (SSSR count). The van der Waals surface area contributed by atoms with Crippen LogP contribution in [0.25, 0.3) is 0 Å². The van der Waals surface area contributed by atoms with E-state index in [1.807, 2.05) is 30.0 Å². The third kappa shape index (κ3) is 15.2. The molecule has 0 spiro atoms. The summed E-state index contributed by atoms with van der Waals surface area (Å²) in [7, 11) is -3.62. The Bertz CT molecular complexity index is 1090. The van der Waals surface area contributed by atoms with Gasteiger partial charge in [-0.2, -0.15) is 0 Å². The number of ether oxygens (including phenoxy) is 2. The lowest BCUT2D eigenvalue weighted by atomic mass is 10.0. The van der Waals surface area contributed by atoms with Crippen molar-refractivity contribution in [2.24, 2.45) is 20.7 Å². The van der Waals surface area contributed by atoms with Crippen LogP contribution in [0.5, 0.6) is 5.75 Å². The average molecular weight is 662 g/mol. The number of benzene rings is 1. The lowest BCUT2D eigenvalue weighted by Crippen LogP contribution is -2.45. The first-order chi connectivity index (χ1) is 22.4. The van der Waals surface area contributed by atoms with E-state index in [9.17, 15) is 4.57 Å². The SMILES string of the molecule is CCCCCCCCCCCCCCCCC(C)OCCOP(=O)(COC(C)CN1C=NC2C1=NC=NC2N)Oc1ccccc1. The van der Waals surface area contributed by atoms with Gasteiger partial charge in [0.15, 0.2) is 6.35 Å². The van der Waals surface area contributed by atoms with Crippen molar-refractivity contribution in [2.45, 2.75) is 141 Å². The van der Waals surface area contributed by atoms with Crippen molar-refractivity contribution in [3.05, 3.63) is 30.3 Å². The number of nitrogens with two attached hydrogens (primary N) is 1. The van der Waals surface area contributed by atoms with Crippen LogP contribution in [0.3, 0.4) is 0 Å². The largest absolute Gasteiger partial charge is 0.423 e. The van der Waals surface area contributed by atoms with Crippen LogP contribution >= 0.6 is 7.60 Å². The highest BCUT2D eigenvalue weighted by Gasteiger charge is 2.34. The van der Waals surface area contributed by atoms with Crippen molar-refractivity contribution in [1.29, 1.82) is 0 Å². The highest BCUT2D eigenvalue weighted by Crippen LogP contribution is 2.48. The van der Waals surface area contributed by atoms with Gasteiger partial charge in [0.05, 0.1) is 38.3 Å². The fourth-order valence-corrected chi connectivity index (χ4v) is 7.06. The molecule has 5 unspecified atom stereocenters. The first-order valence-electron chi connectivity index (χ1n) is 17.8. The number of para-hydroxylation sites is 1. The van der Waals surface area contributed by atoms with Crippen molar-refractivity contribution in [1.82, 2.24) is 4.90 Å². The van der Waals surface area contributed by atoms with E-state index in [2.05, 4.69) is 28.8 Å². The standard InChI is InChI=1S/C35H60N5O5P/c1-4-5-6-7-8-9-10-11-12-13-14-15-16-18-21-30(2)42-24-25-44-46(41,45-32-22-19-17-20-23-32)29-43-31(3)26-40-28-39-33-34(36)37-27-38-35(33)40/h17,19-20,22-23,27-28,30-31,33-34H,4-16,18,21,24-26,29,36H2,1-3H3. The first-order valence-corrected chi connectivity index (χ1v) is 19.5. The number of aliphatic imine (C=N–C) groups is 3. The second-order valence-electron chi connectivity index (χ2n) is 12.6. The molecule has 10 nitrogen and oxygen atoms in total. The van der Waals surface area contributed by atoms with E-state index in [-0.39, 0.29) is 31.2 Å². The Morgan fingerprint density at radius 2 is 1.46 bits per heavy atom. The minimum absolute atomic E-state index is 0.124. The summed E-state index contributed by atoms with van der Waals surface area (Å²) in [5, 5.41) is 0. The van der Waals surface area contributed by atoms with Gasteiger partial charge in [-0.1, -0.05) is 115 Å². The number of hydrogen-bond acceptors (Lipinski definition) is 10. The van der Waals surface area contributed by atoms with Gasteiger partial charge in [-0.3, -0.25) is 14.5 Å². The smallest absolute Gasteiger partial charge is 0.404 e. The van der Waals surface area contributed by atoms with Crippen LogP contribution in [0.15, 0.2) is 45.3 Å². The topological polar surface area (TPSA) is 120 Å². The van der Waals surface area contributed by atoms with Gasteiger partial charge in [-0.25, -0.2) is 9.56 Å². The van der Waals surface area contributed by atoms with E-state index < -0.39 is 13.8 Å². The maximum absolute atomic E-state index is 13.7. The molecule has 0 aliphatic carbocycles. The summed E-state index contributed by atoms with van der Waals surface area (Å²) in [5.41, 5.74) is 6.02. The maximum Gasteiger partial charge on any atom is 0.404 e. The molecular formula is C35H60N5O5P. The molecule has 46 heavy (non-hydrogen) atoms. The molecule has 0 saturated heterocycles. The third-order valence-corrected chi connectivity index (χ3v) is 9.90. The van der Waals surface area contributed by atoms with Crippen molar-refractivity contribution >= 4 is 26.1 Å². The first kappa shape index (κ1) is 38.3. The molecule has 2 heterocycles. The monoisotopic (exact) mass is 661 g/mol. The number of fused-ring (bicyclic) bond motifs is 1. The Morgan fingerprint density at radius 3 is 2.11 bits per heavy atom. The molecule has 5 atom stereocenters. The molecule has 0 saturated carbocycles. The molecule has 1 aromatic rings. The minimum atomic E-state index is -3.62. The van der Waals surface area contributed by atoms with Gasteiger partial charge in [0.25, 0.3) is 0 Å². The van der Waals surface area contributed by atoms with Crippen LogP contribution in [0.2, 0.25) is 0 Å². The fraction of sp³-hybridized carbons (Fsp3) is 0.743. The Balaban J connectivity index is 1.27. The Labute approximate surface area is 278 Å². The molecule has 0 amide bonds. The molecule has 1 aromatic carbocycles. The van der Waals surface area contributed by atoms with Crippen LogP contribution in [-0.4, -0.2) is 73.9 Å². The van der Waals surface area contributed by atoms with E-state index in [1.165, 1.54) is 89.8 Å². The zero-order valence-electron chi connectivity index (χ0n) is 28.6. The number of rotatable bonds is 27. The molecule has 0 bridgehead atoms. The summed E-state index contributed by atoms with van der Waals surface area (Å²) in [5.74, 6) is 1.20. The highest BCUT2D eigenvalue weighted by atomic mass is 31.2. The van der Waals surface area contributed by atoms with Gasteiger partial charge in [-0.15, -0.1) is 0 Å². The summed E-state index contributed by atoms with van der Waals surface area (Å²) in [6.45, 7) is 7.22. The van der Waals surface area contributed by atoms with E-state index in [0.717, 1.165) is 18.7 Å². The molecule has 0 aromatic heterocycles. The maximum atomic E-state index is 13.7. The molecule has 2 N–H and O–H groups in total. The van der Waals surface area contributed by atoms with E-state index in [0.29, 0.717) is 18.9 Å². The van der Waals surface area contributed by atoms with Gasteiger partial charge >= 0.3 is 7.60 Å². The second kappa shape index (κ2) is 22.5. The minimum Gasteiger partial charge on any atom is -0.423 e. The number of amidine groups is 1. The van der Waals surface area contributed by atoms with Crippen LogP contribution < -0.4 is 10.3 Å². The molecular weight excluding hydrogens is 601 g/mol. The van der Waals surface area contributed by atoms with Crippen molar-refractivity contribution in [3.8, 4) is 5.75 Å². The number of unbranched alkanes of at least 4 members (excludes halogenated alkanes) is 13. The second-order valence-corrected chi connectivity index (χ2v) is 14.5. The van der Waals surface area contributed by atoms with Crippen molar-refractivity contribution in [3.63, 3.8) is 0 Å². The summed E-state index contributed by atoms with van der Waals surface area (Å²) < 4.78 is 37.4. The average Bonchev–Trinajstić information content (AvgIpc) is 3.46. The zero-order chi connectivity index (χ0) is 32.9. The van der Waals surface area contributed by atoms with Gasteiger partial charge < -0.3 is 24.6 Å². The summed E-state index contributed by atoms with van der Waals surface area (Å²) >= 11 is 0. The predicted molar refractivity (Wildman–Crippen MR) is 189 cm³/mol. The molecule has 2 aliphatic heterocycles. The normalized spacial score (nSPS) is 19.9. The molecule has 260 valence electrons. The molecule has 0 fully saturated rings.